The number of hydrogen-bond donors (Lipinski definition) is 1. The monoisotopic (exact) mass is 213 g/mol. The Morgan fingerprint density at radius 3 is 2.62 bits per heavy atom. The molecule has 2 aromatic heterocycles. The number of rotatable bonds is 3. The van der Waals surface area contributed by atoms with Crippen LogP contribution in [-0.4, -0.2) is 15.8 Å². The van der Waals surface area contributed by atoms with Gasteiger partial charge in [0.25, 0.3) is 0 Å². The maximum atomic E-state index is 11.1. The van der Waals surface area contributed by atoms with E-state index in [0.717, 1.165) is 0 Å². The summed E-state index contributed by atoms with van der Waals surface area (Å²) in [7, 11) is 0. The first-order valence-electron chi connectivity index (χ1n) is 4.92. The molecule has 2 aromatic rings. The molecule has 0 radical (unpaired) electrons. The molecule has 0 saturated heterocycles. The van der Waals surface area contributed by atoms with E-state index in [0.29, 0.717) is 17.3 Å². The van der Waals surface area contributed by atoms with Gasteiger partial charge in [-0.25, -0.2) is 9.97 Å². The van der Waals surface area contributed by atoms with Gasteiger partial charge < -0.3 is 5.32 Å². The van der Waals surface area contributed by atoms with Crippen molar-refractivity contribution in [3.8, 4) is 0 Å². The first kappa shape index (κ1) is 10.3. The Balaban J connectivity index is 2.22. The quantitative estimate of drug-likeness (QED) is 0.795. The van der Waals surface area contributed by atoms with Gasteiger partial charge in [0.05, 0.1) is 0 Å². The third-order valence-corrected chi connectivity index (χ3v) is 2.03. The number of pyridine rings is 2. The highest BCUT2D eigenvalue weighted by Crippen LogP contribution is 2.11. The standard InChI is InChI=1S/C12H11N3O/c1-9(16)10-5-4-7-12(14-10)15-11-6-2-3-8-13-11/h2-8H,1H3,(H,13,14,15). The molecule has 80 valence electrons. The lowest BCUT2D eigenvalue weighted by Crippen LogP contribution is -2.01. The Labute approximate surface area is 93.4 Å². The molecule has 0 aromatic carbocycles. The SMILES string of the molecule is CC(=O)c1cccc(Nc2ccccn2)n1. The maximum absolute atomic E-state index is 11.1. The van der Waals surface area contributed by atoms with Crippen LogP contribution in [0.4, 0.5) is 11.6 Å². The van der Waals surface area contributed by atoms with E-state index >= 15 is 0 Å². The van der Waals surface area contributed by atoms with Crippen molar-refractivity contribution in [1.82, 2.24) is 9.97 Å². The van der Waals surface area contributed by atoms with Crippen LogP contribution in [0.15, 0.2) is 42.6 Å². The summed E-state index contributed by atoms with van der Waals surface area (Å²) in [5.74, 6) is 1.27. The van der Waals surface area contributed by atoms with Crippen molar-refractivity contribution >= 4 is 17.4 Å². The summed E-state index contributed by atoms with van der Waals surface area (Å²) >= 11 is 0. The van der Waals surface area contributed by atoms with Gasteiger partial charge in [0.1, 0.15) is 17.3 Å². The zero-order valence-electron chi connectivity index (χ0n) is 8.84. The highest BCUT2D eigenvalue weighted by atomic mass is 16.1. The van der Waals surface area contributed by atoms with Gasteiger partial charge in [0, 0.05) is 13.1 Å². The lowest BCUT2D eigenvalue weighted by Gasteiger charge is -2.04. The molecule has 0 fully saturated rings. The fourth-order valence-corrected chi connectivity index (χ4v) is 1.27. The van der Waals surface area contributed by atoms with Crippen LogP contribution in [0.3, 0.4) is 0 Å². The first-order chi connectivity index (χ1) is 7.75. The normalized spacial score (nSPS) is 9.81. The highest BCUT2D eigenvalue weighted by molar-refractivity contribution is 5.92. The number of nitrogens with one attached hydrogen (secondary N) is 1. The average Bonchev–Trinajstić information content (AvgIpc) is 2.30. The number of carbonyl (C=O) groups excluding carboxylic acids is 1. The van der Waals surface area contributed by atoms with Gasteiger partial charge in [0.15, 0.2) is 5.78 Å². The Kier molecular flexibility index (Phi) is 2.91. The zero-order chi connectivity index (χ0) is 11.4. The van der Waals surface area contributed by atoms with E-state index in [1.54, 1.807) is 24.4 Å². The van der Waals surface area contributed by atoms with Gasteiger partial charge in [-0.3, -0.25) is 4.79 Å². The van der Waals surface area contributed by atoms with Crippen molar-refractivity contribution < 1.29 is 4.79 Å². The summed E-state index contributed by atoms with van der Waals surface area (Å²) in [5, 5.41) is 3.02. The van der Waals surface area contributed by atoms with Gasteiger partial charge in [-0.05, 0) is 24.3 Å². The van der Waals surface area contributed by atoms with Crippen molar-refractivity contribution in [3.05, 3.63) is 48.3 Å². The van der Waals surface area contributed by atoms with Crippen molar-refractivity contribution in [2.75, 3.05) is 5.32 Å². The topological polar surface area (TPSA) is 54.9 Å². The molecule has 0 saturated carbocycles. The predicted molar refractivity (Wildman–Crippen MR) is 61.8 cm³/mol. The van der Waals surface area contributed by atoms with Crippen LogP contribution in [0.1, 0.15) is 17.4 Å². The molecule has 2 rings (SSSR count). The second-order valence-electron chi connectivity index (χ2n) is 3.30. The molecule has 0 aliphatic carbocycles. The van der Waals surface area contributed by atoms with Crippen molar-refractivity contribution in [3.63, 3.8) is 0 Å². The Hall–Kier alpha value is -2.23. The van der Waals surface area contributed by atoms with Crippen LogP contribution in [0.25, 0.3) is 0 Å². The number of hydrogen-bond acceptors (Lipinski definition) is 4. The summed E-state index contributed by atoms with van der Waals surface area (Å²) in [6.45, 7) is 1.49. The van der Waals surface area contributed by atoms with E-state index < -0.39 is 0 Å². The highest BCUT2D eigenvalue weighted by Gasteiger charge is 2.02. The second kappa shape index (κ2) is 4.53. The predicted octanol–water partition coefficient (Wildman–Crippen LogP) is 2.42. The maximum Gasteiger partial charge on any atom is 0.178 e. The molecule has 0 bridgehead atoms. The molecule has 4 nitrogen and oxygen atoms in total. The Bertz CT molecular complexity index is 497. The molecule has 0 unspecified atom stereocenters. The Morgan fingerprint density at radius 2 is 1.94 bits per heavy atom. The van der Waals surface area contributed by atoms with Crippen LogP contribution in [-0.2, 0) is 0 Å². The Morgan fingerprint density at radius 1 is 1.12 bits per heavy atom. The van der Waals surface area contributed by atoms with E-state index in [1.165, 1.54) is 6.92 Å². The summed E-state index contributed by atoms with van der Waals surface area (Å²) < 4.78 is 0. The molecule has 0 amide bonds. The van der Waals surface area contributed by atoms with E-state index in [4.69, 9.17) is 0 Å². The molecule has 0 aliphatic heterocycles. The summed E-state index contributed by atoms with van der Waals surface area (Å²) in [6.07, 6.45) is 1.69. The molecule has 2 heterocycles. The fourth-order valence-electron chi connectivity index (χ4n) is 1.27. The largest absolute Gasteiger partial charge is 0.325 e. The van der Waals surface area contributed by atoms with Crippen molar-refractivity contribution in [1.29, 1.82) is 0 Å². The third kappa shape index (κ3) is 2.42. The number of aromatic nitrogens is 2. The molecular formula is C12H11N3O. The van der Waals surface area contributed by atoms with Crippen LogP contribution < -0.4 is 5.32 Å². The molecule has 0 atom stereocenters. The lowest BCUT2D eigenvalue weighted by atomic mass is 10.3. The van der Waals surface area contributed by atoms with E-state index in [9.17, 15) is 4.79 Å². The number of carbonyl (C=O) groups is 1. The van der Waals surface area contributed by atoms with Crippen LogP contribution in [0.5, 0.6) is 0 Å². The molecule has 16 heavy (non-hydrogen) atoms. The van der Waals surface area contributed by atoms with Gasteiger partial charge in [-0.15, -0.1) is 0 Å². The number of ketones is 1. The van der Waals surface area contributed by atoms with Crippen molar-refractivity contribution in [2.24, 2.45) is 0 Å². The molecule has 4 heteroatoms. The smallest absolute Gasteiger partial charge is 0.178 e. The van der Waals surface area contributed by atoms with E-state index in [1.807, 2.05) is 18.2 Å². The summed E-state index contributed by atoms with van der Waals surface area (Å²) in [6, 6.07) is 10.8. The van der Waals surface area contributed by atoms with E-state index in [2.05, 4.69) is 15.3 Å². The van der Waals surface area contributed by atoms with Gasteiger partial charge in [-0.2, -0.15) is 0 Å². The summed E-state index contributed by atoms with van der Waals surface area (Å²) in [4.78, 5) is 19.4. The minimum absolute atomic E-state index is 0.0512. The molecule has 1 N–H and O–H groups in total. The molecular weight excluding hydrogens is 202 g/mol. The molecule has 0 aliphatic rings. The number of nitrogens with zero attached hydrogens (tertiary/aromatic N) is 2. The zero-order valence-corrected chi connectivity index (χ0v) is 8.84. The minimum atomic E-state index is -0.0512. The van der Waals surface area contributed by atoms with Crippen LogP contribution in [0.2, 0.25) is 0 Å². The minimum Gasteiger partial charge on any atom is -0.325 e. The van der Waals surface area contributed by atoms with Gasteiger partial charge >= 0.3 is 0 Å². The lowest BCUT2D eigenvalue weighted by molar-refractivity contribution is 0.101. The molecule has 0 spiro atoms. The van der Waals surface area contributed by atoms with Crippen LogP contribution in [0, 0.1) is 0 Å². The van der Waals surface area contributed by atoms with Gasteiger partial charge in [-0.1, -0.05) is 12.1 Å². The van der Waals surface area contributed by atoms with Gasteiger partial charge in [0.2, 0.25) is 0 Å². The van der Waals surface area contributed by atoms with Crippen molar-refractivity contribution in [2.45, 2.75) is 6.92 Å². The van der Waals surface area contributed by atoms with E-state index in [-0.39, 0.29) is 5.78 Å². The number of Topliss-reactive ketones (excluding diaryl/α,β-unsaturated/α-hetero) is 1. The summed E-state index contributed by atoms with van der Waals surface area (Å²) in [5.41, 5.74) is 0.445. The first-order valence-corrected chi connectivity index (χ1v) is 4.92. The number of anilines is 2. The van der Waals surface area contributed by atoms with Crippen LogP contribution >= 0.6 is 0 Å². The fraction of sp³-hybridized carbons (Fsp3) is 0.0833. The second-order valence-corrected chi connectivity index (χ2v) is 3.30. The third-order valence-electron chi connectivity index (χ3n) is 2.03. The average molecular weight is 213 g/mol.